The van der Waals surface area contributed by atoms with Gasteiger partial charge in [-0.15, -0.1) is 13.2 Å². The number of aliphatic hydroxyl groups is 3. The van der Waals surface area contributed by atoms with Gasteiger partial charge in [-0.3, -0.25) is 4.90 Å². The summed E-state index contributed by atoms with van der Waals surface area (Å²) in [6.07, 6.45) is 12.0. The summed E-state index contributed by atoms with van der Waals surface area (Å²) in [6.45, 7) is 12.8. The van der Waals surface area contributed by atoms with Crippen LogP contribution >= 0.6 is 0 Å². The maximum absolute atomic E-state index is 14.3. The normalized spacial score (nSPS) is 23.7. The van der Waals surface area contributed by atoms with E-state index < -0.39 is 23.8 Å². The predicted octanol–water partition coefficient (Wildman–Crippen LogP) is 7.11. The first-order chi connectivity index (χ1) is 28.5. The number of fused-ring (bicyclic) bond motifs is 2. The minimum absolute atomic E-state index is 0.0501. The van der Waals surface area contributed by atoms with Crippen molar-refractivity contribution in [3.8, 4) is 11.5 Å². The third-order valence-corrected chi connectivity index (χ3v) is 11.1. The van der Waals surface area contributed by atoms with E-state index in [1.54, 1.807) is 23.1 Å². The van der Waals surface area contributed by atoms with Gasteiger partial charge in [-0.25, -0.2) is 4.79 Å². The van der Waals surface area contributed by atoms with Gasteiger partial charge in [-0.1, -0.05) is 79.2 Å². The molecule has 12 nitrogen and oxygen atoms in total. The number of unbranched alkanes of at least 4 members (excludes halogenated alkanes) is 2. The number of benzene rings is 2. The third kappa shape index (κ3) is 11.0. The van der Waals surface area contributed by atoms with E-state index >= 15 is 0 Å². The molecule has 2 aliphatic carbocycles. The molecule has 3 N–H and O–H groups in total. The Labute approximate surface area is 343 Å². The zero-order valence-corrected chi connectivity index (χ0v) is 33.8. The van der Waals surface area contributed by atoms with Gasteiger partial charge in [-0.05, 0) is 73.3 Å². The Kier molecular flexibility index (Phi) is 17.9. The highest BCUT2D eigenvalue weighted by molar-refractivity contribution is 6.03. The molecule has 1 heterocycles. The summed E-state index contributed by atoms with van der Waals surface area (Å²) in [4.78, 5) is 22.1. The highest BCUT2D eigenvalue weighted by atomic mass is 16.7. The number of ether oxygens (including phenoxy) is 5. The van der Waals surface area contributed by atoms with E-state index in [0.717, 1.165) is 42.4 Å². The quantitative estimate of drug-likeness (QED) is 0.0511. The second-order valence-electron chi connectivity index (χ2n) is 14.9. The van der Waals surface area contributed by atoms with Crippen LogP contribution < -0.4 is 9.47 Å². The number of aliphatic hydroxyl groups excluding tert-OH is 3. The SMILES string of the molecule is C=CCCOC(=O)N(CCOCCO)C1CC(=NOCc2ccccc2)C2=CC(CCCCO)C(CCCCO)C3c4cc(OCC=C)ccc4OC1(OCC=C)C23. The van der Waals surface area contributed by atoms with E-state index in [1.807, 2.05) is 48.5 Å². The summed E-state index contributed by atoms with van der Waals surface area (Å²) in [5.74, 6) is -0.767. The molecule has 0 aromatic heterocycles. The van der Waals surface area contributed by atoms with Crippen molar-refractivity contribution in [3.63, 3.8) is 0 Å². The number of carbonyl (C=O) groups is 1. The van der Waals surface area contributed by atoms with Crippen molar-refractivity contribution in [2.75, 3.05) is 59.4 Å². The number of nitrogens with zero attached hydrogens (tertiary/aromatic N) is 2. The first-order valence-corrected chi connectivity index (χ1v) is 20.7. The van der Waals surface area contributed by atoms with Gasteiger partial charge in [0.05, 0.1) is 44.7 Å². The Morgan fingerprint density at radius 1 is 0.914 bits per heavy atom. The van der Waals surface area contributed by atoms with Crippen LogP contribution in [0.4, 0.5) is 4.79 Å². The molecule has 2 aromatic carbocycles. The maximum Gasteiger partial charge on any atom is 0.410 e. The molecule has 6 unspecified atom stereocenters. The van der Waals surface area contributed by atoms with Crippen molar-refractivity contribution in [3.05, 3.63) is 109 Å². The molecule has 0 saturated heterocycles. The fraction of sp³-hybridized carbons (Fsp3) is 0.522. The summed E-state index contributed by atoms with van der Waals surface area (Å²) in [6, 6.07) is 14.8. The lowest BCUT2D eigenvalue weighted by Gasteiger charge is -2.59. The summed E-state index contributed by atoms with van der Waals surface area (Å²) in [7, 11) is 0. The number of hydrogen-bond acceptors (Lipinski definition) is 11. The molecule has 1 aliphatic heterocycles. The molecular formula is C46H62N2O10. The monoisotopic (exact) mass is 802 g/mol. The van der Waals surface area contributed by atoms with E-state index in [0.29, 0.717) is 43.1 Å². The Balaban J connectivity index is 1.75. The molecule has 6 atom stereocenters. The van der Waals surface area contributed by atoms with Crippen LogP contribution in [0.15, 0.2) is 103 Å². The molecule has 12 heteroatoms. The van der Waals surface area contributed by atoms with E-state index in [1.165, 1.54) is 0 Å². The van der Waals surface area contributed by atoms with Crippen LogP contribution in [0.3, 0.4) is 0 Å². The van der Waals surface area contributed by atoms with Crippen LogP contribution in [0.2, 0.25) is 0 Å². The number of oxime groups is 1. The van der Waals surface area contributed by atoms with Gasteiger partial charge in [0.1, 0.15) is 30.8 Å². The van der Waals surface area contributed by atoms with Gasteiger partial charge >= 0.3 is 6.09 Å². The van der Waals surface area contributed by atoms with Crippen molar-refractivity contribution < 1.29 is 48.6 Å². The van der Waals surface area contributed by atoms with Crippen LogP contribution in [0, 0.1) is 17.8 Å². The van der Waals surface area contributed by atoms with E-state index in [2.05, 4.69) is 25.8 Å². The number of rotatable bonds is 26. The molecule has 1 fully saturated rings. The van der Waals surface area contributed by atoms with Crippen LogP contribution in [-0.4, -0.2) is 103 Å². The second-order valence-corrected chi connectivity index (χ2v) is 14.9. The van der Waals surface area contributed by atoms with Crippen LogP contribution in [0.5, 0.6) is 11.5 Å². The zero-order valence-electron chi connectivity index (χ0n) is 33.8. The molecule has 5 rings (SSSR count). The average Bonchev–Trinajstić information content (AvgIpc) is 3.24. The van der Waals surface area contributed by atoms with Gasteiger partial charge in [0.2, 0.25) is 5.79 Å². The highest BCUT2D eigenvalue weighted by Crippen LogP contribution is 2.62. The van der Waals surface area contributed by atoms with Gasteiger partial charge in [0, 0.05) is 37.7 Å². The standard InChI is InChI=1S/C46H62N2O10/c1-4-7-27-55-45(52)48(21-28-53-29-24-51)42-32-40(47-57-33-34-15-9-8-10-16-34)38-30-35(17-11-13-22-49)37(18-12-14-23-50)43-39-31-36(54-25-5-2)19-20-41(39)58-46(42,44(38)43)56-26-6-3/h4-6,8-10,15-16,19-20,30-31,35,37,42-44,49-51H,1-3,7,11-14,17-18,21-29,32-33H2. The van der Waals surface area contributed by atoms with Gasteiger partial charge in [0.15, 0.2) is 0 Å². The van der Waals surface area contributed by atoms with Crippen molar-refractivity contribution in [1.29, 1.82) is 0 Å². The van der Waals surface area contributed by atoms with Crippen LogP contribution in [-0.2, 0) is 25.7 Å². The topological polar surface area (TPSA) is 149 Å². The summed E-state index contributed by atoms with van der Waals surface area (Å²) < 4.78 is 31.9. The number of carbonyl (C=O) groups excluding carboxylic acids is 1. The van der Waals surface area contributed by atoms with Gasteiger partial charge < -0.3 is 43.8 Å². The number of allylic oxidation sites excluding steroid dienone is 1. The summed E-state index contributed by atoms with van der Waals surface area (Å²) in [5, 5.41) is 34.1. The summed E-state index contributed by atoms with van der Waals surface area (Å²) in [5.41, 5.74) is 3.50. The van der Waals surface area contributed by atoms with Crippen LogP contribution in [0.1, 0.15) is 68.4 Å². The van der Waals surface area contributed by atoms with E-state index in [-0.39, 0.29) is 83.6 Å². The fourth-order valence-electron chi connectivity index (χ4n) is 8.67. The molecule has 0 spiro atoms. The smallest absolute Gasteiger partial charge is 0.410 e. The molecular weight excluding hydrogens is 741 g/mol. The minimum atomic E-state index is -1.46. The first kappa shape index (κ1) is 44.6. The summed E-state index contributed by atoms with van der Waals surface area (Å²) >= 11 is 0. The Morgan fingerprint density at radius 2 is 1.69 bits per heavy atom. The molecule has 316 valence electrons. The maximum atomic E-state index is 14.3. The van der Waals surface area contributed by atoms with E-state index in [9.17, 15) is 20.1 Å². The zero-order chi connectivity index (χ0) is 41.2. The van der Waals surface area contributed by atoms with Gasteiger partial charge in [0.25, 0.3) is 0 Å². The lowest BCUT2D eigenvalue weighted by Crippen LogP contribution is -2.70. The molecule has 58 heavy (non-hydrogen) atoms. The predicted molar refractivity (Wildman–Crippen MR) is 223 cm³/mol. The molecule has 0 radical (unpaired) electrons. The first-order valence-electron chi connectivity index (χ1n) is 20.7. The molecule has 1 saturated carbocycles. The Hall–Kier alpha value is -4.46. The molecule has 2 aromatic rings. The van der Waals surface area contributed by atoms with Crippen molar-refractivity contribution in [1.82, 2.24) is 4.90 Å². The van der Waals surface area contributed by atoms with E-state index in [4.69, 9.17) is 33.7 Å². The van der Waals surface area contributed by atoms with Gasteiger partial charge in [-0.2, -0.15) is 0 Å². The Bertz CT molecular complexity index is 1680. The van der Waals surface area contributed by atoms with Crippen molar-refractivity contribution in [2.24, 2.45) is 22.9 Å². The lowest BCUT2D eigenvalue weighted by atomic mass is 9.55. The minimum Gasteiger partial charge on any atom is -0.490 e. The largest absolute Gasteiger partial charge is 0.490 e. The number of amides is 1. The average molecular weight is 803 g/mol. The van der Waals surface area contributed by atoms with Crippen molar-refractivity contribution in [2.45, 2.75) is 75.7 Å². The lowest BCUT2D eigenvalue weighted by molar-refractivity contribution is -0.256. The van der Waals surface area contributed by atoms with Crippen LogP contribution in [0.25, 0.3) is 0 Å². The molecule has 0 bridgehead atoms. The number of hydrogen-bond donors (Lipinski definition) is 3. The molecule has 1 amide bonds. The highest BCUT2D eigenvalue weighted by Gasteiger charge is 2.65. The Morgan fingerprint density at radius 3 is 2.41 bits per heavy atom. The van der Waals surface area contributed by atoms with Crippen molar-refractivity contribution >= 4 is 11.8 Å². The molecule has 3 aliphatic rings. The third-order valence-electron chi connectivity index (χ3n) is 11.1. The fourth-order valence-corrected chi connectivity index (χ4v) is 8.67. The second kappa shape index (κ2) is 23.2.